The van der Waals surface area contributed by atoms with Gasteiger partial charge in [0.15, 0.2) is 11.5 Å². The van der Waals surface area contributed by atoms with Gasteiger partial charge in [0.2, 0.25) is 5.82 Å². The number of hydrogen-bond donors (Lipinski definition) is 2. The van der Waals surface area contributed by atoms with Gasteiger partial charge in [0, 0.05) is 23.5 Å². The Morgan fingerprint density at radius 2 is 1.78 bits per heavy atom. The predicted molar refractivity (Wildman–Crippen MR) is 100 cm³/mol. The molecule has 7 heteroatoms. The number of ketones is 1. The number of rotatable bonds is 5. The molecule has 0 bridgehead atoms. The maximum absolute atomic E-state index is 12.7. The van der Waals surface area contributed by atoms with E-state index in [-0.39, 0.29) is 29.3 Å². The minimum Gasteiger partial charge on any atom is -0.347 e. The number of nitrogens with one attached hydrogen (secondary N) is 2. The van der Waals surface area contributed by atoms with E-state index in [4.69, 9.17) is 0 Å². The van der Waals surface area contributed by atoms with Gasteiger partial charge < -0.3 is 10.6 Å². The topological polar surface area (TPSA) is 92.6 Å². The van der Waals surface area contributed by atoms with E-state index in [2.05, 4.69) is 15.6 Å². The summed E-state index contributed by atoms with van der Waals surface area (Å²) >= 11 is 0. The molecular formula is C20H18N4O3. The van der Waals surface area contributed by atoms with Crippen molar-refractivity contribution in [1.29, 1.82) is 0 Å². The van der Waals surface area contributed by atoms with E-state index in [1.807, 2.05) is 0 Å². The Labute approximate surface area is 155 Å². The first-order valence-corrected chi connectivity index (χ1v) is 8.73. The van der Waals surface area contributed by atoms with Crippen molar-refractivity contribution in [3.05, 3.63) is 65.7 Å². The number of benzene rings is 1. The van der Waals surface area contributed by atoms with Crippen molar-refractivity contribution in [2.24, 2.45) is 0 Å². The van der Waals surface area contributed by atoms with Crippen LogP contribution in [-0.4, -0.2) is 33.0 Å². The van der Waals surface area contributed by atoms with Gasteiger partial charge in [0.25, 0.3) is 11.8 Å². The van der Waals surface area contributed by atoms with Crippen LogP contribution in [0, 0.1) is 0 Å². The number of carbonyl (C=O) groups excluding carboxylic acids is 3. The van der Waals surface area contributed by atoms with Gasteiger partial charge in [-0.3, -0.25) is 18.8 Å². The number of fused-ring (bicyclic) bond motifs is 1. The minimum atomic E-state index is -0.417. The van der Waals surface area contributed by atoms with Crippen LogP contribution in [0.1, 0.15) is 51.2 Å². The van der Waals surface area contributed by atoms with Crippen molar-refractivity contribution in [2.45, 2.75) is 25.8 Å². The van der Waals surface area contributed by atoms with Crippen molar-refractivity contribution in [3.63, 3.8) is 0 Å². The fourth-order valence-electron chi connectivity index (χ4n) is 2.82. The molecule has 2 amide bonds. The molecule has 1 aliphatic carbocycles. The van der Waals surface area contributed by atoms with Crippen molar-refractivity contribution < 1.29 is 14.4 Å². The van der Waals surface area contributed by atoms with E-state index in [9.17, 15) is 14.4 Å². The Kier molecular flexibility index (Phi) is 4.19. The number of pyridine rings is 1. The number of imidazole rings is 1. The molecule has 1 saturated carbocycles. The third-order valence-corrected chi connectivity index (χ3v) is 4.43. The molecule has 27 heavy (non-hydrogen) atoms. The quantitative estimate of drug-likeness (QED) is 0.683. The van der Waals surface area contributed by atoms with Crippen LogP contribution in [0.15, 0.2) is 48.7 Å². The third kappa shape index (κ3) is 3.44. The summed E-state index contributed by atoms with van der Waals surface area (Å²) in [6.45, 7) is 1.49. The molecule has 136 valence electrons. The van der Waals surface area contributed by atoms with E-state index in [1.165, 1.54) is 6.92 Å². The molecule has 3 aromatic rings. The summed E-state index contributed by atoms with van der Waals surface area (Å²) in [6.07, 6.45) is 3.65. The van der Waals surface area contributed by atoms with Gasteiger partial charge >= 0.3 is 0 Å². The number of nitrogens with zero attached hydrogens (tertiary/aromatic N) is 2. The molecule has 0 unspecified atom stereocenters. The van der Waals surface area contributed by atoms with Crippen LogP contribution < -0.4 is 10.6 Å². The molecule has 0 radical (unpaired) electrons. The molecule has 1 aromatic carbocycles. The third-order valence-electron chi connectivity index (χ3n) is 4.43. The number of Topliss-reactive ketones (excluding diaryl/α,β-unsaturated/α-hetero) is 1. The lowest BCUT2D eigenvalue weighted by Crippen LogP contribution is -2.27. The zero-order chi connectivity index (χ0) is 19.0. The molecule has 0 atom stereocenters. The SMILES string of the molecule is CC(=O)c1ccc(NC(=O)c2nc(C(=O)NC3CC3)n3ccccc23)cc1. The smallest absolute Gasteiger partial charge is 0.287 e. The lowest BCUT2D eigenvalue weighted by atomic mass is 10.1. The first-order valence-electron chi connectivity index (χ1n) is 8.73. The van der Waals surface area contributed by atoms with Gasteiger partial charge in [-0.05, 0) is 56.2 Å². The Bertz CT molecular complexity index is 1050. The average Bonchev–Trinajstić information content (AvgIpc) is 3.38. The highest BCUT2D eigenvalue weighted by molar-refractivity contribution is 6.09. The van der Waals surface area contributed by atoms with Crippen LogP contribution in [0.25, 0.3) is 5.52 Å². The number of carbonyl (C=O) groups is 3. The molecule has 0 saturated heterocycles. The molecule has 2 heterocycles. The van der Waals surface area contributed by atoms with E-state index in [0.29, 0.717) is 16.8 Å². The van der Waals surface area contributed by atoms with Gasteiger partial charge in [-0.2, -0.15) is 0 Å². The Morgan fingerprint density at radius 1 is 1.04 bits per heavy atom. The van der Waals surface area contributed by atoms with Gasteiger partial charge in [-0.1, -0.05) is 6.07 Å². The number of hydrogen-bond acceptors (Lipinski definition) is 4. The fourth-order valence-corrected chi connectivity index (χ4v) is 2.82. The lowest BCUT2D eigenvalue weighted by Gasteiger charge is -2.04. The molecule has 7 nitrogen and oxygen atoms in total. The Balaban J connectivity index is 1.63. The maximum atomic E-state index is 12.7. The van der Waals surface area contributed by atoms with Crippen LogP contribution in [0.5, 0.6) is 0 Å². The van der Waals surface area contributed by atoms with Crippen LogP contribution in [-0.2, 0) is 0 Å². The fraction of sp³-hybridized carbons (Fsp3) is 0.200. The highest BCUT2D eigenvalue weighted by atomic mass is 16.2. The molecule has 1 aliphatic rings. The summed E-state index contributed by atoms with van der Waals surface area (Å²) in [6, 6.07) is 12.1. The molecular weight excluding hydrogens is 344 g/mol. The van der Waals surface area contributed by atoms with Crippen LogP contribution in [0.2, 0.25) is 0 Å². The van der Waals surface area contributed by atoms with Crippen LogP contribution in [0.4, 0.5) is 5.69 Å². The first kappa shape index (κ1) is 17.0. The average molecular weight is 362 g/mol. The Morgan fingerprint density at radius 3 is 2.44 bits per heavy atom. The summed E-state index contributed by atoms with van der Waals surface area (Å²) < 4.78 is 1.62. The van der Waals surface area contributed by atoms with E-state index < -0.39 is 5.91 Å². The summed E-state index contributed by atoms with van der Waals surface area (Å²) in [7, 11) is 0. The molecule has 4 rings (SSSR count). The Hall–Kier alpha value is -3.48. The highest BCUT2D eigenvalue weighted by Gasteiger charge is 2.27. The summed E-state index contributed by atoms with van der Waals surface area (Å²) in [5.74, 6) is -0.558. The van der Waals surface area contributed by atoms with Gasteiger partial charge in [-0.25, -0.2) is 4.98 Å². The van der Waals surface area contributed by atoms with E-state index in [1.54, 1.807) is 53.1 Å². The zero-order valence-corrected chi connectivity index (χ0v) is 14.7. The van der Waals surface area contributed by atoms with Crippen molar-refractivity contribution in [1.82, 2.24) is 14.7 Å². The van der Waals surface area contributed by atoms with E-state index >= 15 is 0 Å². The first-order chi connectivity index (χ1) is 13.0. The summed E-state index contributed by atoms with van der Waals surface area (Å²) in [4.78, 5) is 40.8. The van der Waals surface area contributed by atoms with E-state index in [0.717, 1.165) is 12.8 Å². The van der Waals surface area contributed by atoms with Crippen LogP contribution in [0.3, 0.4) is 0 Å². The lowest BCUT2D eigenvalue weighted by molar-refractivity contribution is 0.0939. The molecule has 1 fully saturated rings. The second kappa shape index (κ2) is 6.68. The highest BCUT2D eigenvalue weighted by Crippen LogP contribution is 2.21. The normalized spacial score (nSPS) is 13.4. The van der Waals surface area contributed by atoms with Crippen molar-refractivity contribution >= 4 is 28.8 Å². The number of aromatic nitrogens is 2. The summed E-state index contributed by atoms with van der Waals surface area (Å²) in [5.41, 5.74) is 1.84. The molecule has 2 aromatic heterocycles. The van der Waals surface area contributed by atoms with Crippen molar-refractivity contribution in [3.8, 4) is 0 Å². The molecule has 0 spiro atoms. The monoisotopic (exact) mass is 362 g/mol. The second-order valence-corrected chi connectivity index (χ2v) is 6.58. The second-order valence-electron chi connectivity index (χ2n) is 6.58. The predicted octanol–water partition coefficient (Wildman–Crippen LogP) is 2.68. The van der Waals surface area contributed by atoms with Gasteiger partial charge in [-0.15, -0.1) is 0 Å². The number of anilines is 1. The van der Waals surface area contributed by atoms with Crippen molar-refractivity contribution in [2.75, 3.05) is 5.32 Å². The standard InChI is InChI=1S/C20H18N4O3/c1-12(25)13-5-7-14(8-6-13)21-19(26)17-16-4-2-3-11-24(16)18(23-17)20(27)22-15-9-10-15/h2-8,11,15H,9-10H2,1H3,(H,21,26)(H,22,27). The zero-order valence-electron chi connectivity index (χ0n) is 14.7. The van der Waals surface area contributed by atoms with Gasteiger partial charge in [0.1, 0.15) is 0 Å². The molecule has 2 N–H and O–H groups in total. The largest absolute Gasteiger partial charge is 0.347 e. The maximum Gasteiger partial charge on any atom is 0.287 e. The molecule has 0 aliphatic heterocycles. The summed E-state index contributed by atoms with van der Waals surface area (Å²) in [5, 5.41) is 5.66. The minimum absolute atomic E-state index is 0.0423. The van der Waals surface area contributed by atoms with Crippen LogP contribution >= 0.6 is 0 Å². The van der Waals surface area contributed by atoms with Gasteiger partial charge in [0.05, 0.1) is 5.52 Å². The number of amides is 2.